The number of aliphatic carboxylic acids is 1. The third kappa shape index (κ3) is 8.75. The van der Waals surface area contributed by atoms with Crippen LogP contribution in [0.3, 0.4) is 0 Å². The zero-order chi connectivity index (χ0) is 38.0. The summed E-state index contributed by atoms with van der Waals surface area (Å²) >= 11 is 0. The molecule has 1 aromatic carbocycles. The SMILES string of the molecule is C=C[C@@H]1C[C@]1(NC(=O)[C@@H]1C[C@@H](OC(=O)Nc2cc(C(F)(F)F)ccc2N2CCCCC2)CN1C(=O)[C@@H](NC(=O)OC1CCCC1)C(C)(C)C)C(=O)O. The molecule has 2 heterocycles. The highest BCUT2D eigenvalue weighted by atomic mass is 19.4. The summed E-state index contributed by atoms with van der Waals surface area (Å²) in [6.07, 6.45) is -0.831. The first-order valence-electron chi connectivity index (χ1n) is 17.8. The minimum atomic E-state index is -4.67. The number of carboxylic acids is 1. The second kappa shape index (κ2) is 15.2. The van der Waals surface area contributed by atoms with Gasteiger partial charge in [-0.2, -0.15) is 13.2 Å². The van der Waals surface area contributed by atoms with E-state index in [9.17, 15) is 42.3 Å². The number of amides is 4. The largest absolute Gasteiger partial charge is 0.479 e. The van der Waals surface area contributed by atoms with Crippen LogP contribution in [0.2, 0.25) is 0 Å². The summed E-state index contributed by atoms with van der Waals surface area (Å²) < 4.78 is 52.2. The maximum Gasteiger partial charge on any atom is 0.416 e. The summed E-state index contributed by atoms with van der Waals surface area (Å²) in [5, 5.41) is 17.6. The Balaban J connectivity index is 1.37. The fourth-order valence-electron chi connectivity index (χ4n) is 7.33. The molecule has 13 nitrogen and oxygen atoms in total. The second-order valence-corrected chi connectivity index (χ2v) is 15.2. The molecule has 1 aromatic rings. The van der Waals surface area contributed by atoms with Crippen LogP contribution in [-0.4, -0.2) is 89.4 Å². The van der Waals surface area contributed by atoms with E-state index in [0.29, 0.717) is 31.6 Å². The van der Waals surface area contributed by atoms with Crippen molar-refractivity contribution in [2.45, 2.75) is 115 Å². The molecule has 0 bridgehead atoms. The Morgan fingerprint density at radius 1 is 0.981 bits per heavy atom. The predicted octanol–water partition coefficient (Wildman–Crippen LogP) is 5.44. The molecule has 0 spiro atoms. The lowest BCUT2D eigenvalue weighted by atomic mass is 9.85. The molecule has 52 heavy (non-hydrogen) atoms. The second-order valence-electron chi connectivity index (χ2n) is 15.2. The molecule has 2 saturated carbocycles. The van der Waals surface area contributed by atoms with Crippen LogP contribution in [0.5, 0.6) is 0 Å². The number of carboxylic acid groups (broad SMARTS) is 1. The van der Waals surface area contributed by atoms with Crippen LogP contribution in [0, 0.1) is 11.3 Å². The quantitative estimate of drug-likeness (QED) is 0.229. The highest BCUT2D eigenvalue weighted by Crippen LogP contribution is 2.45. The van der Waals surface area contributed by atoms with E-state index in [-0.39, 0.29) is 31.2 Å². The van der Waals surface area contributed by atoms with E-state index in [2.05, 4.69) is 22.5 Å². The maximum absolute atomic E-state index is 14.3. The number of alkyl halides is 3. The molecule has 4 amide bonds. The number of halogens is 3. The monoisotopic (exact) mass is 735 g/mol. The number of hydrogen-bond acceptors (Lipinski definition) is 8. The van der Waals surface area contributed by atoms with Gasteiger partial charge in [0.1, 0.15) is 29.8 Å². The van der Waals surface area contributed by atoms with Crippen LogP contribution in [0.4, 0.5) is 34.1 Å². The van der Waals surface area contributed by atoms with Crippen molar-refractivity contribution in [3.05, 3.63) is 36.4 Å². The van der Waals surface area contributed by atoms with Gasteiger partial charge in [0.05, 0.1) is 23.5 Å². The molecule has 5 atom stereocenters. The average Bonchev–Trinajstić information content (AvgIpc) is 3.34. The molecule has 4 N–H and O–H groups in total. The molecule has 4 aliphatic rings. The number of anilines is 2. The lowest BCUT2D eigenvalue weighted by molar-refractivity contribution is -0.146. The molecule has 4 fully saturated rings. The molecule has 2 aliphatic heterocycles. The zero-order valence-corrected chi connectivity index (χ0v) is 29.7. The fourth-order valence-corrected chi connectivity index (χ4v) is 7.33. The van der Waals surface area contributed by atoms with Gasteiger partial charge in [0.2, 0.25) is 11.8 Å². The highest BCUT2D eigenvalue weighted by molar-refractivity contribution is 5.96. The number of nitrogens with one attached hydrogen (secondary N) is 3. The van der Waals surface area contributed by atoms with Crippen LogP contribution < -0.4 is 20.9 Å². The summed E-state index contributed by atoms with van der Waals surface area (Å²) in [4.78, 5) is 69.5. The molecule has 0 radical (unpaired) electrons. The van der Waals surface area contributed by atoms with Crippen molar-refractivity contribution >= 4 is 41.3 Å². The minimum Gasteiger partial charge on any atom is -0.479 e. The molecule has 5 rings (SSSR count). The van der Waals surface area contributed by atoms with Crippen molar-refractivity contribution in [1.29, 1.82) is 0 Å². The standard InChI is InChI=1S/C36H48F3N5O8/c1-5-21-19-35(21,31(47)48)42-29(45)27-18-24(20-44(27)30(46)28(34(2,3)4)41-33(50)51-23-11-7-8-12-23)52-32(49)40-25-17-22(36(37,38)39)13-14-26(25)43-15-9-6-10-16-43/h5,13-14,17,21,23-24,27-28H,1,6-12,15-16,18-20H2,2-4H3,(H,40,49)(H,41,50)(H,42,45)(H,47,48)/t21-,24-,27+,28-,35-/m1/s1. The third-order valence-corrected chi connectivity index (χ3v) is 10.4. The summed E-state index contributed by atoms with van der Waals surface area (Å²) in [5.74, 6) is -3.32. The number of nitrogens with zero attached hydrogens (tertiary/aromatic N) is 2. The van der Waals surface area contributed by atoms with Crippen LogP contribution in [0.25, 0.3) is 0 Å². The van der Waals surface area contributed by atoms with E-state index in [4.69, 9.17) is 9.47 Å². The van der Waals surface area contributed by atoms with Crippen molar-refractivity contribution in [1.82, 2.24) is 15.5 Å². The summed E-state index contributed by atoms with van der Waals surface area (Å²) in [5.41, 5.74) is -3.17. The number of ether oxygens (including phenoxy) is 2. The van der Waals surface area contributed by atoms with Gasteiger partial charge in [-0.3, -0.25) is 14.9 Å². The van der Waals surface area contributed by atoms with Crippen LogP contribution in [0.15, 0.2) is 30.9 Å². The zero-order valence-electron chi connectivity index (χ0n) is 29.7. The first-order valence-corrected chi connectivity index (χ1v) is 17.8. The number of alkyl carbamates (subject to hydrolysis) is 1. The van der Waals surface area contributed by atoms with E-state index >= 15 is 0 Å². The molecule has 2 aliphatic carbocycles. The summed E-state index contributed by atoms with van der Waals surface area (Å²) in [6.45, 7) is 9.64. The Hall–Kier alpha value is -4.50. The number of rotatable bonds is 10. The van der Waals surface area contributed by atoms with Crippen LogP contribution in [0.1, 0.15) is 84.1 Å². The number of hydrogen-bond donors (Lipinski definition) is 4. The van der Waals surface area contributed by atoms with Gasteiger partial charge < -0.3 is 35.0 Å². The van der Waals surface area contributed by atoms with Gasteiger partial charge in [0.15, 0.2) is 0 Å². The number of carbonyl (C=O) groups excluding carboxylic acids is 4. The van der Waals surface area contributed by atoms with E-state index < -0.39 is 76.8 Å². The van der Waals surface area contributed by atoms with Gasteiger partial charge in [-0.15, -0.1) is 6.58 Å². The van der Waals surface area contributed by atoms with Gasteiger partial charge in [-0.1, -0.05) is 26.8 Å². The topological polar surface area (TPSA) is 167 Å². The molecule has 286 valence electrons. The minimum absolute atomic E-state index is 0.0933. The summed E-state index contributed by atoms with van der Waals surface area (Å²) in [6, 6.07) is 0.588. The molecular formula is C36H48F3N5O8. The van der Waals surface area contributed by atoms with Gasteiger partial charge in [-0.25, -0.2) is 14.4 Å². The average molecular weight is 736 g/mol. The number of likely N-dealkylation sites (tertiary alicyclic amines) is 1. The number of benzene rings is 1. The first-order chi connectivity index (χ1) is 24.4. The van der Waals surface area contributed by atoms with Crippen molar-refractivity contribution < 1.29 is 51.7 Å². The maximum atomic E-state index is 14.3. The Morgan fingerprint density at radius 2 is 1.63 bits per heavy atom. The molecule has 0 unspecified atom stereocenters. The van der Waals surface area contributed by atoms with Crippen molar-refractivity contribution in [2.24, 2.45) is 11.3 Å². The van der Waals surface area contributed by atoms with E-state index in [0.717, 1.165) is 49.1 Å². The Labute approximate surface area is 300 Å². The van der Waals surface area contributed by atoms with Crippen LogP contribution >= 0.6 is 0 Å². The van der Waals surface area contributed by atoms with E-state index in [1.165, 1.54) is 12.1 Å². The van der Waals surface area contributed by atoms with Crippen molar-refractivity contribution in [2.75, 3.05) is 29.9 Å². The van der Waals surface area contributed by atoms with Gasteiger partial charge in [0, 0.05) is 25.4 Å². The Kier molecular flexibility index (Phi) is 11.3. The lowest BCUT2D eigenvalue weighted by Gasteiger charge is -2.35. The number of carbonyl (C=O) groups is 5. The molecule has 16 heteroatoms. The van der Waals surface area contributed by atoms with Gasteiger partial charge >= 0.3 is 24.3 Å². The van der Waals surface area contributed by atoms with Gasteiger partial charge in [-0.05, 0) is 75.0 Å². The lowest BCUT2D eigenvalue weighted by Crippen LogP contribution is -2.59. The Bertz CT molecular complexity index is 1550. The Morgan fingerprint density at radius 3 is 2.21 bits per heavy atom. The highest BCUT2D eigenvalue weighted by Gasteiger charge is 2.61. The van der Waals surface area contributed by atoms with Crippen LogP contribution in [-0.2, 0) is 30.0 Å². The third-order valence-electron chi connectivity index (χ3n) is 10.4. The molecule has 2 saturated heterocycles. The van der Waals surface area contributed by atoms with Gasteiger partial charge in [0.25, 0.3) is 0 Å². The number of piperidine rings is 1. The van der Waals surface area contributed by atoms with Crippen molar-refractivity contribution in [3.63, 3.8) is 0 Å². The fraction of sp³-hybridized carbons (Fsp3) is 0.639. The van der Waals surface area contributed by atoms with E-state index in [1.54, 1.807) is 20.8 Å². The molecule has 0 aromatic heterocycles. The normalized spacial score (nSPS) is 25.5. The summed E-state index contributed by atoms with van der Waals surface area (Å²) in [7, 11) is 0. The predicted molar refractivity (Wildman–Crippen MR) is 183 cm³/mol. The first kappa shape index (κ1) is 38.7. The van der Waals surface area contributed by atoms with E-state index in [1.807, 2.05) is 4.90 Å². The van der Waals surface area contributed by atoms with Crippen molar-refractivity contribution in [3.8, 4) is 0 Å². The molecular weight excluding hydrogens is 687 g/mol. The smallest absolute Gasteiger partial charge is 0.416 e.